The van der Waals surface area contributed by atoms with Crippen LogP contribution in [0, 0.1) is 0 Å². The molecule has 3 heterocycles. The lowest BCUT2D eigenvalue weighted by molar-refractivity contribution is -0.161. The van der Waals surface area contributed by atoms with Crippen molar-refractivity contribution in [2.24, 2.45) is 0 Å². The van der Waals surface area contributed by atoms with Crippen LogP contribution in [0.5, 0.6) is 0 Å². The van der Waals surface area contributed by atoms with Crippen molar-refractivity contribution in [2.75, 3.05) is 39.3 Å². The molecule has 50 heavy (non-hydrogen) atoms. The third-order valence-electron chi connectivity index (χ3n) is 9.66. The molecule has 0 bridgehead atoms. The largest absolute Gasteiger partial charge is 0.528 e. The van der Waals surface area contributed by atoms with E-state index in [-0.39, 0.29) is 17.5 Å². The molecular formula is C40H49N5O5. The molecule has 1 unspecified atom stereocenters. The van der Waals surface area contributed by atoms with Crippen molar-refractivity contribution >= 4 is 22.8 Å². The fourth-order valence-electron chi connectivity index (χ4n) is 7.18. The normalized spacial score (nSPS) is 17.4. The first-order valence-electron chi connectivity index (χ1n) is 17.8. The van der Waals surface area contributed by atoms with E-state index in [1.165, 1.54) is 0 Å². The molecule has 0 radical (unpaired) electrons. The van der Waals surface area contributed by atoms with Gasteiger partial charge >= 0.3 is 6.16 Å². The van der Waals surface area contributed by atoms with Crippen molar-refractivity contribution in [1.29, 1.82) is 0 Å². The lowest BCUT2D eigenvalue weighted by Crippen LogP contribution is -2.53. The standard InChI is InChI=1S/C40H49N5O5/c1-5-34(29-14-8-6-9-15-29)41-37(46)36-32-18-12-13-19-33(32)38(47)45(31-16-10-7-11-17-31)35(36)28-42-22-20-30(21-23-42)43-24-26-44(27-25-43)50-39(48)49-40(2,3)4/h6-19,30,34H,5,20-28H2,1-4H3,(H,41,46). The number of nitrogens with zero attached hydrogens (tertiary/aromatic N) is 4. The van der Waals surface area contributed by atoms with E-state index < -0.39 is 11.8 Å². The number of benzene rings is 3. The Balaban J connectivity index is 1.23. The number of aromatic nitrogens is 1. The number of piperidine rings is 1. The third-order valence-corrected chi connectivity index (χ3v) is 9.66. The molecule has 10 heteroatoms. The van der Waals surface area contributed by atoms with Gasteiger partial charge in [-0.05, 0) is 63.8 Å². The molecule has 2 aliphatic rings. The molecule has 10 nitrogen and oxygen atoms in total. The first-order valence-corrected chi connectivity index (χ1v) is 17.8. The van der Waals surface area contributed by atoms with Gasteiger partial charge in [-0.2, -0.15) is 0 Å². The molecule has 2 saturated heterocycles. The van der Waals surface area contributed by atoms with Gasteiger partial charge in [-0.25, -0.2) is 4.79 Å². The minimum absolute atomic E-state index is 0.130. The summed E-state index contributed by atoms with van der Waals surface area (Å²) in [4.78, 5) is 51.2. The summed E-state index contributed by atoms with van der Waals surface area (Å²) in [6.07, 6.45) is 1.99. The Bertz CT molecular complexity index is 1820. The lowest BCUT2D eigenvalue weighted by Gasteiger charge is -2.42. The number of carbonyl (C=O) groups excluding carboxylic acids is 2. The monoisotopic (exact) mass is 679 g/mol. The Hall–Kier alpha value is -4.51. The van der Waals surface area contributed by atoms with Crippen LogP contribution in [0.1, 0.15) is 74.6 Å². The quantitative estimate of drug-likeness (QED) is 0.206. The van der Waals surface area contributed by atoms with Gasteiger partial charge in [0.05, 0.1) is 17.3 Å². The van der Waals surface area contributed by atoms with Crippen LogP contribution in [0.25, 0.3) is 16.5 Å². The van der Waals surface area contributed by atoms with Crippen molar-refractivity contribution in [3.05, 3.63) is 112 Å². The van der Waals surface area contributed by atoms with Crippen LogP contribution in [0.4, 0.5) is 4.79 Å². The average molecular weight is 680 g/mol. The highest BCUT2D eigenvalue weighted by molar-refractivity contribution is 6.08. The number of para-hydroxylation sites is 1. The molecule has 3 aromatic carbocycles. The predicted molar refractivity (Wildman–Crippen MR) is 195 cm³/mol. The number of amides is 1. The first-order chi connectivity index (χ1) is 24.1. The third kappa shape index (κ3) is 8.26. The highest BCUT2D eigenvalue weighted by Gasteiger charge is 2.31. The molecule has 1 aromatic heterocycles. The van der Waals surface area contributed by atoms with Gasteiger partial charge in [-0.1, -0.05) is 73.7 Å². The molecule has 4 aromatic rings. The number of rotatable bonds is 9. The molecule has 1 atom stereocenters. The smallest absolute Gasteiger partial charge is 0.427 e. The van der Waals surface area contributed by atoms with Crippen LogP contribution in [-0.4, -0.2) is 82.4 Å². The number of likely N-dealkylation sites (tertiary alicyclic amines) is 1. The van der Waals surface area contributed by atoms with E-state index in [0.717, 1.165) is 56.7 Å². The summed E-state index contributed by atoms with van der Waals surface area (Å²) in [7, 11) is 0. The molecular weight excluding hydrogens is 630 g/mol. The van der Waals surface area contributed by atoms with Gasteiger partial charge in [0.15, 0.2) is 0 Å². The summed E-state index contributed by atoms with van der Waals surface area (Å²) in [5, 5.41) is 6.20. The number of hydrogen-bond donors (Lipinski definition) is 1. The second-order valence-corrected chi connectivity index (χ2v) is 14.2. The molecule has 0 aliphatic carbocycles. The zero-order valence-electron chi connectivity index (χ0n) is 29.6. The molecule has 264 valence electrons. The lowest BCUT2D eigenvalue weighted by atomic mass is 9.98. The Morgan fingerprint density at radius 2 is 1.42 bits per heavy atom. The molecule has 2 fully saturated rings. The molecule has 6 rings (SSSR count). The first kappa shape index (κ1) is 35.3. The maximum atomic E-state index is 14.5. The van der Waals surface area contributed by atoms with Crippen LogP contribution in [0.3, 0.4) is 0 Å². The van der Waals surface area contributed by atoms with Crippen LogP contribution in [0.2, 0.25) is 0 Å². The van der Waals surface area contributed by atoms with Crippen molar-refractivity contribution in [2.45, 2.75) is 71.2 Å². The highest BCUT2D eigenvalue weighted by atomic mass is 16.8. The SMILES string of the molecule is CCC(NC(=O)c1c(CN2CCC(N3CCN(OC(=O)OC(C)(C)C)CC3)CC2)n(-c2ccccc2)c(=O)c2ccccc12)c1ccccc1. The predicted octanol–water partition coefficient (Wildman–Crippen LogP) is 6.32. The second kappa shape index (κ2) is 15.6. The van der Waals surface area contributed by atoms with E-state index in [2.05, 4.69) is 22.0 Å². The fourth-order valence-corrected chi connectivity index (χ4v) is 7.18. The summed E-state index contributed by atoms with van der Waals surface area (Å²) in [5.41, 5.74) is 2.30. The van der Waals surface area contributed by atoms with E-state index in [0.29, 0.717) is 47.7 Å². The van der Waals surface area contributed by atoms with Gasteiger partial charge in [-0.3, -0.25) is 24.0 Å². The topological polar surface area (TPSA) is 96.3 Å². The minimum Gasteiger partial charge on any atom is -0.427 e. The number of pyridine rings is 1. The van der Waals surface area contributed by atoms with Gasteiger partial charge in [0.2, 0.25) is 0 Å². The zero-order chi connectivity index (χ0) is 35.3. The van der Waals surface area contributed by atoms with E-state index in [4.69, 9.17) is 9.57 Å². The molecule has 0 spiro atoms. The number of piperazine rings is 1. The van der Waals surface area contributed by atoms with Gasteiger partial charge in [0.1, 0.15) is 5.60 Å². The molecule has 0 saturated carbocycles. The average Bonchev–Trinajstić information content (AvgIpc) is 3.11. The maximum Gasteiger partial charge on any atom is 0.528 e. The molecule has 1 N–H and O–H groups in total. The second-order valence-electron chi connectivity index (χ2n) is 14.2. The highest BCUT2D eigenvalue weighted by Crippen LogP contribution is 2.28. The number of hydroxylamine groups is 2. The fraction of sp³-hybridized carbons (Fsp3) is 0.425. The summed E-state index contributed by atoms with van der Waals surface area (Å²) < 4.78 is 7.06. The summed E-state index contributed by atoms with van der Waals surface area (Å²) in [6, 6.07) is 27.4. The van der Waals surface area contributed by atoms with Gasteiger partial charge in [0.25, 0.3) is 11.5 Å². The summed E-state index contributed by atoms with van der Waals surface area (Å²) in [6.45, 7) is 12.5. The number of fused-ring (bicyclic) bond motifs is 1. The van der Waals surface area contributed by atoms with Crippen molar-refractivity contribution in [1.82, 2.24) is 24.7 Å². The minimum atomic E-state index is -0.666. The maximum absolute atomic E-state index is 14.5. The van der Waals surface area contributed by atoms with Gasteiger partial charge in [-0.15, -0.1) is 5.06 Å². The molecule has 2 aliphatic heterocycles. The van der Waals surface area contributed by atoms with Crippen LogP contribution >= 0.6 is 0 Å². The Kier molecular flexibility index (Phi) is 11.0. The van der Waals surface area contributed by atoms with Crippen molar-refractivity contribution in [3.8, 4) is 5.69 Å². The van der Waals surface area contributed by atoms with E-state index >= 15 is 0 Å². The van der Waals surface area contributed by atoms with Crippen molar-refractivity contribution in [3.63, 3.8) is 0 Å². The van der Waals surface area contributed by atoms with Crippen LogP contribution in [0.15, 0.2) is 89.7 Å². The summed E-state index contributed by atoms with van der Waals surface area (Å²) in [5.74, 6) is -0.182. The number of hydrogen-bond acceptors (Lipinski definition) is 8. The Morgan fingerprint density at radius 1 is 0.820 bits per heavy atom. The van der Waals surface area contributed by atoms with E-state index in [1.807, 2.05) is 106 Å². The van der Waals surface area contributed by atoms with E-state index in [9.17, 15) is 14.4 Å². The number of nitrogens with one attached hydrogen (secondary N) is 1. The number of carbonyl (C=O) groups is 2. The van der Waals surface area contributed by atoms with Crippen molar-refractivity contribution < 1.29 is 19.2 Å². The summed E-state index contributed by atoms with van der Waals surface area (Å²) >= 11 is 0. The van der Waals surface area contributed by atoms with Crippen LogP contribution < -0.4 is 10.9 Å². The zero-order valence-corrected chi connectivity index (χ0v) is 29.6. The van der Waals surface area contributed by atoms with Gasteiger partial charge in [0, 0.05) is 68.3 Å². The van der Waals surface area contributed by atoms with Gasteiger partial charge < -0.3 is 14.9 Å². The Labute approximate surface area is 294 Å². The van der Waals surface area contributed by atoms with Crippen LogP contribution in [-0.2, 0) is 16.1 Å². The Morgan fingerprint density at radius 3 is 2.04 bits per heavy atom. The molecule has 1 amide bonds. The number of ether oxygens (including phenoxy) is 1. The van der Waals surface area contributed by atoms with E-state index in [1.54, 1.807) is 9.63 Å².